The summed E-state index contributed by atoms with van der Waals surface area (Å²) in [6, 6.07) is 0. The molecule has 0 aromatic rings. The van der Waals surface area contributed by atoms with Crippen LogP contribution in [0, 0.1) is 5.41 Å². The number of hydrogen-bond acceptors (Lipinski definition) is 3. The summed E-state index contributed by atoms with van der Waals surface area (Å²) in [6.07, 6.45) is 11.3. The molecule has 0 spiro atoms. The Morgan fingerprint density at radius 3 is 1.95 bits per heavy atom. The minimum Gasteiger partial charge on any atom is -0.466 e. The van der Waals surface area contributed by atoms with Crippen LogP contribution in [0.4, 0.5) is 0 Å². The van der Waals surface area contributed by atoms with Gasteiger partial charge < -0.3 is 9.84 Å². The van der Waals surface area contributed by atoms with Crippen molar-refractivity contribution in [2.75, 3.05) is 13.2 Å². The van der Waals surface area contributed by atoms with Crippen LogP contribution < -0.4 is 0 Å². The number of carbonyl (C=O) groups is 1. The minimum atomic E-state index is -0.0682. The quantitative estimate of drug-likeness (QED) is 0.401. The molecule has 0 heterocycles. The van der Waals surface area contributed by atoms with Crippen molar-refractivity contribution in [3.8, 4) is 0 Å². The average molecular weight is 286 g/mol. The molecular weight excluding hydrogens is 252 g/mol. The Hall–Kier alpha value is -0.570. The van der Waals surface area contributed by atoms with E-state index < -0.39 is 0 Å². The number of aliphatic hydroxyl groups is 1. The lowest BCUT2D eigenvalue weighted by molar-refractivity contribution is -0.145. The highest BCUT2D eigenvalue weighted by molar-refractivity contribution is 5.70. The fourth-order valence-electron chi connectivity index (χ4n) is 2.47. The summed E-state index contributed by atoms with van der Waals surface area (Å²) in [7, 11) is 0. The van der Waals surface area contributed by atoms with E-state index in [-0.39, 0.29) is 11.4 Å². The molecular formula is C17H34O3. The topological polar surface area (TPSA) is 46.5 Å². The van der Waals surface area contributed by atoms with E-state index in [0.29, 0.717) is 19.6 Å². The molecule has 0 saturated heterocycles. The smallest absolute Gasteiger partial charge is 0.306 e. The molecule has 120 valence electrons. The summed E-state index contributed by atoms with van der Waals surface area (Å²) in [4.78, 5) is 11.5. The van der Waals surface area contributed by atoms with E-state index in [4.69, 9.17) is 9.84 Å². The first kappa shape index (κ1) is 19.4. The van der Waals surface area contributed by atoms with Crippen LogP contribution >= 0.6 is 0 Å². The molecule has 0 aromatic carbocycles. The van der Waals surface area contributed by atoms with Crippen LogP contribution in [0.2, 0.25) is 0 Å². The Labute approximate surface area is 125 Å². The van der Waals surface area contributed by atoms with Gasteiger partial charge in [0.15, 0.2) is 0 Å². The van der Waals surface area contributed by atoms with Crippen LogP contribution in [-0.4, -0.2) is 24.3 Å². The maximum atomic E-state index is 11.5. The minimum absolute atomic E-state index is 0.0629. The SMILES string of the molecule is CCOC(=O)CC(C)(C)CCCCCCCCCCO. The van der Waals surface area contributed by atoms with Gasteiger partial charge in [-0.2, -0.15) is 0 Å². The van der Waals surface area contributed by atoms with Crippen molar-refractivity contribution in [3.63, 3.8) is 0 Å². The van der Waals surface area contributed by atoms with Gasteiger partial charge in [0, 0.05) is 6.61 Å². The highest BCUT2D eigenvalue weighted by atomic mass is 16.5. The van der Waals surface area contributed by atoms with Crippen molar-refractivity contribution < 1.29 is 14.6 Å². The van der Waals surface area contributed by atoms with Gasteiger partial charge in [0.25, 0.3) is 0 Å². The Morgan fingerprint density at radius 1 is 0.950 bits per heavy atom. The second-order valence-electron chi connectivity index (χ2n) is 6.45. The fourth-order valence-corrected chi connectivity index (χ4v) is 2.47. The van der Waals surface area contributed by atoms with Gasteiger partial charge in [0.05, 0.1) is 13.0 Å². The van der Waals surface area contributed by atoms with Gasteiger partial charge in [-0.25, -0.2) is 0 Å². The van der Waals surface area contributed by atoms with E-state index >= 15 is 0 Å². The molecule has 0 unspecified atom stereocenters. The molecule has 0 aliphatic heterocycles. The van der Waals surface area contributed by atoms with Crippen LogP contribution in [0.15, 0.2) is 0 Å². The monoisotopic (exact) mass is 286 g/mol. The molecule has 0 bridgehead atoms. The summed E-state index contributed by atoms with van der Waals surface area (Å²) in [5.41, 5.74) is 0.0629. The standard InChI is InChI=1S/C17H34O3/c1-4-20-16(19)15-17(2,3)13-11-9-7-5-6-8-10-12-14-18/h18H,4-15H2,1-3H3. The van der Waals surface area contributed by atoms with Crippen molar-refractivity contribution in [3.05, 3.63) is 0 Å². The van der Waals surface area contributed by atoms with Crippen LogP contribution in [-0.2, 0) is 9.53 Å². The van der Waals surface area contributed by atoms with E-state index in [0.717, 1.165) is 19.3 Å². The van der Waals surface area contributed by atoms with Crippen molar-refractivity contribution in [1.29, 1.82) is 0 Å². The lowest BCUT2D eigenvalue weighted by atomic mass is 9.83. The van der Waals surface area contributed by atoms with Crippen molar-refractivity contribution in [2.24, 2.45) is 5.41 Å². The van der Waals surface area contributed by atoms with E-state index in [1.165, 1.54) is 38.5 Å². The summed E-state index contributed by atoms with van der Waals surface area (Å²) in [6.45, 7) is 6.96. The lowest BCUT2D eigenvalue weighted by Gasteiger charge is -2.23. The van der Waals surface area contributed by atoms with Crippen molar-refractivity contribution >= 4 is 5.97 Å². The zero-order valence-electron chi connectivity index (χ0n) is 13.7. The molecule has 0 aliphatic rings. The summed E-state index contributed by atoms with van der Waals surface area (Å²) in [5, 5.41) is 8.68. The number of rotatable bonds is 13. The molecule has 0 aliphatic carbocycles. The van der Waals surface area contributed by atoms with Gasteiger partial charge in [-0.1, -0.05) is 58.8 Å². The van der Waals surface area contributed by atoms with Crippen LogP contribution in [0.1, 0.15) is 85.0 Å². The maximum absolute atomic E-state index is 11.5. The molecule has 0 atom stereocenters. The van der Waals surface area contributed by atoms with E-state index in [2.05, 4.69) is 13.8 Å². The first-order chi connectivity index (χ1) is 9.52. The van der Waals surface area contributed by atoms with Gasteiger partial charge in [-0.3, -0.25) is 4.79 Å². The number of ether oxygens (including phenoxy) is 1. The zero-order chi connectivity index (χ0) is 15.3. The van der Waals surface area contributed by atoms with Crippen molar-refractivity contribution in [2.45, 2.75) is 85.0 Å². The predicted molar refractivity (Wildman–Crippen MR) is 83.7 cm³/mol. The zero-order valence-corrected chi connectivity index (χ0v) is 13.7. The van der Waals surface area contributed by atoms with Gasteiger partial charge in [-0.15, -0.1) is 0 Å². The van der Waals surface area contributed by atoms with Gasteiger partial charge in [0.1, 0.15) is 0 Å². The molecule has 0 radical (unpaired) electrons. The lowest BCUT2D eigenvalue weighted by Crippen LogP contribution is -2.18. The molecule has 0 rings (SSSR count). The second-order valence-corrected chi connectivity index (χ2v) is 6.45. The number of carbonyl (C=O) groups excluding carboxylic acids is 1. The van der Waals surface area contributed by atoms with Gasteiger partial charge >= 0.3 is 5.97 Å². The van der Waals surface area contributed by atoms with Crippen LogP contribution in [0.3, 0.4) is 0 Å². The molecule has 0 fully saturated rings. The Balaban J connectivity index is 3.46. The number of aliphatic hydroxyl groups excluding tert-OH is 1. The van der Waals surface area contributed by atoms with Crippen LogP contribution in [0.25, 0.3) is 0 Å². The Kier molecular flexibility index (Phi) is 11.8. The Bertz CT molecular complexity index is 236. The molecule has 20 heavy (non-hydrogen) atoms. The highest BCUT2D eigenvalue weighted by Crippen LogP contribution is 2.28. The molecule has 1 N–H and O–H groups in total. The molecule has 3 heteroatoms. The van der Waals surface area contributed by atoms with E-state index in [1.807, 2.05) is 6.92 Å². The second kappa shape index (κ2) is 12.2. The maximum Gasteiger partial charge on any atom is 0.306 e. The highest BCUT2D eigenvalue weighted by Gasteiger charge is 2.22. The molecule has 0 aromatic heterocycles. The third kappa shape index (κ3) is 12.5. The van der Waals surface area contributed by atoms with E-state index in [1.54, 1.807) is 0 Å². The van der Waals surface area contributed by atoms with Crippen LogP contribution in [0.5, 0.6) is 0 Å². The van der Waals surface area contributed by atoms with Crippen molar-refractivity contribution in [1.82, 2.24) is 0 Å². The molecule has 0 saturated carbocycles. The summed E-state index contributed by atoms with van der Waals surface area (Å²) < 4.78 is 5.01. The van der Waals surface area contributed by atoms with Gasteiger partial charge in [-0.05, 0) is 25.2 Å². The average Bonchev–Trinajstić information content (AvgIpc) is 2.36. The third-order valence-electron chi connectivity index (χ3n) is 3.69. The first-order valence-corrected chi connectivity index (χ1v) is 8.28. The predicted octanol–water partition coefficient (Wildman–Crippen LogP) is 4.47. The number of hydrogen-bond donors (Lipinski definition) is 1. The Morgan fingerprint density at radius 2 is 1.45 bits per heavy atom. The third-order valence-corrected chi connectivity index (χ3v) is 3.69. The first-order valence-electron chi connectivity index (χ1n) is 8.28. The summed E-state index contributed by atoms with van der Waals surface area (Å²) in [5.74, 6) is -0.0682. The largest absolute Gasteiger partial charge is 0.466 e. The summed E-state index contributed by atoms with van der Waals surface area (Å²) >= 11 is 0. The molecule has 3 nitrogen and oxygen atoms in total. The van der Waals surface area contributed by atoms with Gasteiger partial charge in [0.2, 0.25) is 0 Å². The normalized spacial score (nSPS) is 11.6. The number of esters is 1. The number of unbranched alkanes of at least 4 members (excludes halogenated alkanes) is 7. The molecule has 0 amide bonds. The fraction of sp³-hybridized carbons (Fsp3) is 0.941. The van der Waals surface area contributed by atoms with E-state index in [9.17, 15) is 4.79 Å².